The van der Waals surface area contributed by atoms with E-state index in [1.165, 1.54) is 10.6 Å². The molecule has 0 spiro atoms. The van der Waals surface area contributed by atoms with Crippen LogP contribution in [-0.4, -0.2) is 32.1 Å². The van der Waals surface area contributed by atoms with Crippen molar-refractivity contribution in [2.75, 3.05) is 0 Å². The molecule has 0 bridgehead atoms. The summed E-state index contributed by atoms with van der Waals surface area (Å²) in [7, 11) is 0. The molecule has 0 unspecified atom stereocenters. The third-order valence-corrected chi connectivity index (χ3v) is 6.65. The summed E-state index contributed by atoms with van der Waals surface area (Å²) in [4.78, 5) is 38.4. The van der Waals surface area contributed by atoms with E-state index in [4.69, 9.17) is 0 Å². The third-order valence-electron chi connectivity index (χ3n) is 6.65. The van der Waals surface area contributed by atoms with E-state index in [1.54, 1.807) is 6.92 Å². The molecule has 4 rings (SSSR count). The van der Waals surface area contributed by atoms with E-state index in [0.29, 0.717) is 18.9 Å². The van der Waals surface area contributed by atoms with Gasteiger partial charge in [-0.15, -0.1) is 0 Å². The van der Waals surface area contributed by atoms with Crippen LogP contribution in [0.4, 0.5) is 8.78 Å². The van der Waals surface area contributed by atoms with Gasteiger partial charge in [-0.05, 0) is 25.8 Å². The molecule has 2 aromatic rings. The summed E-state index contributed by atoms with van der Waals surface area (Å²) in [6.45, 7) is 1.28. The number of nitrogens with zero attached hydrogens (tertiary/aromatic N) is 1. The van der Waals surface area contributed by atoms with E-state index in [0.717, 1.165) is 25.1 Å². The van der Waals surface area contributed by atoms with Gasteiger partial charge in [0.25, 0.3) is 5.91 Å². The summed E-state index contributed by atoms with van der Waals surface area (Å²) in [6, 6.07) is 2.88. The molecule has 1 saturated carbocycles. The predicted octanol–water partition coefficient (Wildman–Crippen LogP) is 2.27. The Kier molecular flexibility index (Phi) is 4.96. The van der Waals surface area contributed by atoms with Gasteiger partial charge < -0.3 is 20.1 Å². The molecule has 2 heterocycles. The van der Waals surface area contributed by atoms with Gasteiger partial charge in [0.2, 0.25) is 5.43 Å². The van der Waals surface area contributed by atoms with E-state index in [-0.39, 0.29) is 24.3 Å². The maximum Gasteiger partial charge on any atom is 0.257 e. The number of benzene rings is 1. The van der Waals surface area contributed by atoms with Gasteiger partial charge >= 0.3 is 0 Å². The number of Topliss-reactive ketones (excluding diaryl/α,β-unsaturated/α-hetero) is 1. The molecule has 1 amide bonds. The molecule has 1 aromatic heterocycles. The van der Waals surface area contributed by atoms with Crippen LogP contribution < -0.4 is 10.7 Å². The molecule has 1 aliphatic carbocycles. The molecule has 31 heavy (non-hydrogen) atoms. The average molecular weight is 432 g/mol. The maximum absolute atomic E-state index is 13.8. The lowest BCUT2D eigenvalue weighted by Crippen LogP contribution is -2.60. The zero-order chi connectivity index (χ0) is 22.6. The molecule has 0 radical (unpaired) electrons. The number of aromatic hydroxyl groups is 1. The van der Waals surface area contributed by atoms with E-state index in [1.807, 2.05) is 0 Å². The Hall–Kier alpha value is -3.07. The van der Waals surface area contributed by atoms with Gasteiger partial charge in [-0.1, -0.05) is 18.9 Å². The molecule has 0 saturated heterocycles. The Labute approximate surface area is 176 Å². The predicted molar refractivity (Wildman–Crippen MR) is 106 cm³/mol. The molecule has 7 nitrogen and oxygen atoms in total. The lowest BCUT2D eigenvalue weighted by Gasteiger charge is -2.51. The van der Waals surface area contributed by atoms with Crippen LogP contribution in [0.5, 0.6) is 5.75 Å². The van der Waals surface area contributed by atoms with E-state index in [2.05, 4.69) is 5.32 Å². The number of rotatable bonds is 3. The van der Waals surface area contributed by atoms with Gasteiger partial charge in [0, 0.05) is 24.4 Å². The number of carbonyl (C=O) groups is 2. The molecule has 9 heteroatoms. The fourth-order valence-corrected chi connectivity index (χ4v) is 4.64. The molecule has 2 aliphatic rings. The number of hydrogen-bond donors (Lipinski definition) is 3. The highest BCUT2D eigenvalue weighted by Gasteiger charge is 2.57. The van der Waals surface area contributed by atoms with Crippen LogP contribution in [0.2, 0.25) is 0 Å². The lowest BCUT2D eigenvalue weighted by atomic mass is 9.59. The number of fused-ring (bicyclic) bond motifs is 2. The SMILES string of the molecule is C[C@@]12CCCC[C@]1(O)Cn1cc(C(=O)NCc3ccc(F)cc3F)c(=O)c(O)c1C2=O. The van der Waals surface area contributed by atoms with Crippen molar-refractivity contribution in [3.05, 3.63) is 63.1 Å². The number of pyridine rings is 1. The molecule has 2 atom stereocenters. The number of halogens is 2. The molecule has 1 aliphatic heterocycles. The Morgan fingerprint density at radius 1 is 1.23 bits per heavy atom. The summed E-state index contributed by atoms with van der Waals surface area (Å²) >= 11 is 0. The van der Waals surface area contributed by atoms with Gasteiger partial charge in [-0.3, -0.25) is 14.4 Å². The number of hydrogen-bond acceptors (Lipinski definition) is 5. The number of aliphatic hydroxyl groups is 1. The quantitative estimate of drug-likeness (QED) is 0.690. The summed E-state index contributed by atoms with van der Waals surface area (Å²) < 4.78 is 28.1. The van der Waals surface area contributed by atoms with Gasteiger partial charge in [0.05, 0.1) is 17.6 Å². The van der Waals surface area contributed by atoms with Gasteiger partial charge in [-0.25, -0.2) is 8.78 Å². The van der Waals surface area contributed by atoms with Crippen LogP contribution in [0, 0.1) is 17.0 Å². The first-order valence-corrected chi connectivity index (χ1v) is 10.0. The first kappa shape index (κ1) is 21.2. The number of carbonyl (C=O) groups excluding carboxylic acids is 2. The highest BCUT2D eigenvalue weighted by Crippen LogP contribution is 2.50. The lowest BCUT2D eigenvalue weighted by molar-refractivity contribution is -0.104. The maximum atomic E-state index is 13.8. The van der Waals surface area contributed by atoms with Crippen LogP contribution in [-0.2, 0) is 13.1 Å². The Bertz CT molecular complexity index is 1160. The van der Waals surface area contributed by atoms with Crippen LogP contribution in [0.15, 0.2) is 29.2 Å². The molecule has 3 N–H and O–H groups in total. The van der Waals surface area contributed by atoms with Crippen molar-refractivity contribution in [2.45, 2.75) is 51.3 Å². The van der Waals surface area contributed by atoms with Crippen molar-refractivity contribution in [3.8, 4) is 5.75 Å². The van der Waals surface area contributed by atoms with Crippen molar-refractivity contribution in [2.24, 2.45) is 5.41 Å². The minimum Gasteiger partial charge on any atom is -0.503 e. The van der Waals surface area contributed by atoms with Crippen LogP contribution in [0.3, 0.4) is 0 Å². The summed E-state index contributed by atoms with van der Waals surface area (Å²) in [6.07, 6.45) is 3.43. The Morgan fingerprint density at radius 3 is 2.65 bits per heavy atom. The van der Waals surface area contributed by atoms with Crippen molar-refractivity contribution in [3.63, 3.8) is 0 Å². The number of amides is 1. The van der Waals surface area contributed by atoms with Gasteiger partial charge in [0.1, 0.15) is 22.9 Å². The number of nitrogens with one attached hydrogen (secondary N) is 1. The van der Waals surface area contributed by atoms with Crippen molar-refractivity contribution < 1.29 is 28.6 Å². The largest absolute Gasteiger partial charge is 0.503 e. The molecular formula is C22H22F2N2O5. The Morgan fingerprint density at radius 2 is 1.94 bits per heavy atom. The number of aromatic nitrogens is 1. The first-order valence-electron chi connectivity index (χ1n) is 10.0. The van der Waals surface area contributed by atoms with E-state index < -0.39 is 51.1 Å². The fraction of sp³-hybridized carbons (Fsp3) is 0.409. The second kappa shape index (κ2) is 7.26. The van der Waals surface area contributed by atoms with Crippen LogP contribution in [0.1, 0.15) is 59.0 Å². The monoisotopic (exact) mass is 432 g/mol. The molecule has 164 valence electrons. The van der Waals surface area contributed by atoms with Crippen molar-refractivity contribution in [1.29, 1.82) is 0 Å². The van der Waals surface area contributed by atoms with Crippen LogP contribution >= 0.6 is 0 Å². The van der Waals surface area contributed by atoms with Crippen molar-refractivity contribution in [1.82, 2.24) is 9.88 Å². The smallest absolute Gasteiger partial charge is 0.257 e. The van der Waals surface area contributed by atoms with E-state index >= 15 is 0 Å². The highest BCUT2D eigenvalue weighted by molar-refractivity contribution is 6.04. The zero-order valence-electron chi connectivity index (χ0n) is 16.9. The van der Waals surface area contributed by atoms with Crippen LogP contribution in [0.25, 0.3) is 0 Å². The second-order valence-electron chi connectivity index (χ2n) is 8.52. The van der Waals surface area contributed by atoms with Gasteiger partial charge in [0.15, 0.2) is 11.5 Å². The minimum absolute atomic E-state index is 0.0134. The topological polar surface area (TPSA) is 109 Å². The standard InChI is InChI=1S/C22H22F2N2O5/c1-21-6-2-3-7-22(21,31)11-26-10-14(17(27)18(28)16(26)19(21)29)20(30)25-9-12-4-5-13(23)8-15(12)24/h4-5,8,10,28,31H,2-3,6-7,9,11H2,1H3,(H,25,30)/t21-,22-/m0/s1. The molecular weight excluding hydrogens is 410 g/mol. The molecule has 1 aromatic carbocycles. The van der Waals surface area contributed by atoms with Gasteiger partial charge in [-0.2, -0.15) is 0 Å². The van der Waals surface area contributed by atoms with Crippen molar-refractivity contribution >= 4 is 11.7 Å². The summed E-state index contributed by atoms with van der Waals surface area (Å²) in [5.41, 5.74) is -4.17. The minimum atomic E-state index is -1.36. The first-order chi connectivity index (χ1) is 14.6. The summed E-state index contributed by atoms with van der Waals surface area (Å²) in [5.74, 6) is -3.89. The highest BCUT2D eigenvalue weighted by atomic mass is 19.1. The average Bonchev–Trinajstić information content (AvgIpc) is 2.71. The normalized spacial score (nSPS) is 25.0. The molecule has 1 fully saturated rings. The van der Waals surface area contributed by atoms with E-state index in [9.17, 15) is 33.4 Å². The Balaban J connectivity index is 1.68. The third kappa shape index (κ3) is 3.23. The summed E-state index contributed by atoms with van der Waals surface area (Å²) in [5, 5.41) is 24.0. The zero-order valence-corrected chi connectivity index (χ0v) is 16.9. The number of ketones is 1. The second-order valence-corrected chi connectivity index (χ2v) is 8.52. The fourth-order valence-electron chi connectivity index (χ4n) is 4.64.